The van der Waals surface area contributed by atoms with Crippen molar-refractivity contribution in [3.63, 3.8) is 0 Å². The van der Waals surface area contributed by atoms with Crippen LogP contribution in [0.1, 0.15) is 28.7 Å². The van der Waals surface area contributed by atoms with E-state index in [4.69, 9.17) is 0 Å². The Hall–Kier alpha value is -1.43. The summed E-state index contributed by atoms with van der Waals surface area (Å²) in [4.78, 5) is 15.1. The lowest BCUT2D eigenvalue weighted by Crippen LogP contribution is -2.42. The molecular weight excluding hydrogens is 396 g/mol. The van der Waals surface area contributed by atoms with E-state index in [9.17, 15) is 4.79 Å². The monoisotopic (exact) mass is 426 g/mol. The van der Waals surface area contributed by atoms with Crippen molar-refractivity contribution in [3.05, 3.63) is 64.7 Å². The Morgan fingerprint density at radius 2 is 1.83 bits per heavy atom. The fourth-order valence-corrected chi connectivity index (χ4v) is 6.65. The Morgan fingerprint density at radius 3 is 2.59 bits per heavy atom. The van der Waals surface area contributed by atoms with Crippen LogP contribution >= 0.6 is 23.5 Å². The fourth-order valence-electron chi connectivity index (χ4n) is 4.02. The summed E-state index contributed by atoms with van der Waals surface area (Å²) in [5.41, 5.74) is 6.22. The van der Waals surface area contributed by atoms with Crippen LogP contribution < -0.4 is 5.32 Å². The van der Waals surface area contributed by atoms with E-state index in [1.165, 1.54) is 45.3 Å². The molecule has 0 bridgehead atoms. The van der Waals surface area contributed by atoms with Crippen molar-refractivity contribution in [1.82, 2.24) is 4.90 Å². The van der Waals surface area contributed by atoms with Crippen molar-refractivity contribution in [1.29, 1.82) is 0 Å². The second-order valence-electron chi connectivity index (χ2n) is 8.04. The predicted molar refractivity (Wildman–Crippen MR) is 127 cm³/mol. The maximum atomic E-state index is 12.4. The van der Waals surface area contributed by atoms with E-state index in [1.54, 1.807) is 0 Å². The quantitative estimate of drug-likeness (QED) is 0.746. The molecule has 2 aliphatic heterocycles. The van der Waals surface area contributed by atoms with Crippen LogP contribution in [0.2, 0.25) is 0 Å². The summed E-state index contributed by atoms with van der Waals surface area (Å²) in [6.45, 7) is 4.25. The zero-order valence-electron chi connectivity index (χ0n) is 17.2. The number of carbonyl (C=O) groups excluding carboxylic acids is 1. The largest absolute Gasteiger partial charge is 0.326 e. The maximum absolute atomic E-state index is 12.4. The third-order valence-electron chi connectivity index (χ3n) is 5.80. The molecule has 5 heteroatoms. The molecule has 0 spiro atoms. The van der Waals surface area contributed by atoms with Gasteiger partial charge in [0.25, 0.3) is 0 Å². The molecule has 1 N–H and O–H groups in total. The molecule has 0 atom stereocenters. The average molecular weight is 427 g/mol. The lowest BCUT2D eigenvalue weighted by Gasteiger charge is -2.35. The summed E-state index contributed by atoms with van der Waals surface area (Å²) >= 11 is 4.19. The lowest BCUT2D eigenvalue weighted by molar-refractivity contribution is -0.116. The van der Waals surface area contributed by atoms with Crippen molar-refractivity contribution >= 4 is 35.1 Å². The molecule has 2 aromatic rings. The predicted octanol–water partition coefficient (Wildman–Crippen LogP) is 4.77. The molecule has 0 aliphatic carbocycles. The van der Waals surface area contributed by atoms with Gasteiger partial charge in [0.1, 0.15) is 0 Å². The minimum Gasteiger partial charge on any atom is -0.326 e. The number of carbonyl (C=O) groups is 1. The molecule has 154 valence electrons. The van der Waals surface area contributed by atoms with Gasteiger partial charge in [0.05, 0.1) is 0 Å². The lowest BCUT2D eigenvalue weighted by atomic mass is 9.98. The van der Waals surface area contributed by atoms with Gasteiger partial charge in [-0.05, 0) is 48.6 Å². The van der Waals surface area contributed by atoms with Crippen LogP contribution in [0.15, 0.2) is 42.5 Å². The number of amides is 1. The Morgan fingerprint density at radius 1 is 1.07 bits per heavy atom. The zero-order chi connectivity index (χ0) is 20.1. The van der Waals surface area contributed by atoms with E-state index >= 15 is 0 Å². The molecule has 29 heavy (non-hydrogen) atoms. The van der Waals surface area contributed by atoms with Gasteiger partial charge >= 0.3 is 0 Å². The number of thioether (sulfide) groups is 2. The van der Waals surface area contributed by atoms with Gasteiger partial charge in [-0.2, -0.15) is 23.5 Å². The second kappa shape index (κ2) is 10.1. The van der Waals surface area contributed by atoms with Gasteiger partial charge in [0, 0.05) is 54.3 Å². The Balaban J connectivity index is 1.34. The normalized spacial score (nSPS) is 18.1. The standard InChI is InChI=1S/C24H30N2OS2/c1-18-2-4-19(5-3-18)6-9-24(27)25-22-8-7-20-10-11-26(15-21(20)14-22)23-16-28-12-13-29-17-23/h2-5,7-8,14,23H,6,9-13,15-17H2,1H3,(H,25,27). The van der Waals surface area contributed by atoms with Crippen molar-refractivity contribution in [3.8, 4) is 0 Å². The molecule has 3 nitrogen and oxygen atoms in total. The van der Waals surface area contributed by atoms with Gasteiger partial charge in [-0.1, -0.05) is 35.9 Å². The van der Waals surface area contributed by atoms with Crippen LogP contribution in [-0.2, 0) is 24.2 Å². The topological polar surface area (TPSA) is 32.3 Å². The molecule has 1 amide bonds. The van der Waals surface area contributed by atoms with Crippen molar-refractivity contribution in [2.24, 2.45) is 0 Å². The number of rotatable bonds is 5. The zero-order valence-corrected chi connectivity index (χ0v) is 18.8. The summed E-state index contributed by atoms with van der Waals surface area (Å²) in [5, 5.41) is 3.11. The Bertz CT molecular complexity index is 829. The van der Waals surface area contributed by atoms with Gasteiger partial charge < -0.3 is 5.32 Å². The molecule has 2 aromatic carbocycles. The average Bonchev–Trinajstić information content (AvgIpc) is 3.02. The molecule has 0 radical (unpaired) electrons. The van der Waals surface area contributed by atoms with Gasteiger partial charge in [-0.3, -0.25) is 9.69 Å². The molecule has 0 saturated carbocycles. The first-order valence-corrected chi connectivity index (χ1v) is 12.8. The van der Waals surface area contributed by atoms with Crippen LogP contribution in [0.3, 0.4) is 0 Å². The van der Waals surface area contributed by atoms with E-state index in [-0.39, 0.29) is 5.91 Å². The molecule has 2 aliphatic rings. The first-order chi connectivity index (χ1) is 14.2. The highest BCUT2D eigenvalue weighted by atomic mass is 32.2. The van der Waals surface area contributed by atoms with E-state index in [0.717, 1.165) is 31.6 Å². The number of nitrogens with one attached hydrogen (secondary N) is 1. The van der Waals surface area contributed by atoms with Crippen molar-refractivity contribution in [2.45, 2.75) is 38.8 Å². The molecule has 1 saturated heterocycles. The molecule has 4 rings (SSSR count). The highest BCUT2D eigenvalue weighted by Gasteiger charge is 2.25. The first-order valence-electron chi connectivity index (χ1n) is 10.5. The SMILES string of the molecule is Cc1ccc(CCC(=O)Nc2ccc3c(c2)CN(C2CSCCSC2)CC3)cc1. The second-order valence-corrected chi connectivity index (χ2v) is 10.3. The van der Waals surface area contributed by atoms with Gasteiger partial charge in [0.2, 0.25) is 5.91 Å². The van der Waals surface area contributed by atoms with Crippen molar-refractivity contribution < 1.29 is 4.79 Å². The molecular formula is C24H30N2OS2. The van der Waals surface area contributed by atoms with Gasteiger partial charge in [-0.25, -0.2) is 0 Å². The van der Waals surface area contributed by atoms with Gasteiger partial charge in [-0.15, -0.1) is 0 Å². The molecule has 0 unspecified atom stereocenters. The van der Waals surface area contributed by atoms with Gasteiger partial charge in [0.15, 0.2) is 0 Å². The number of fused-ring (bicyclic) bond motifs is 1. The maximum Gasteiger partial charge on any atom is 0.224 e. The third-order valence-corrected chi connectivity index (χ3v) is 8.29. The summed E-state index contributed by atoms with van der Waals surface area (Å²) in [6, 6.07) is 15.6. The minimum atomic E-state index is 0.0924. The highest BCUT2D eigenvalue weighted by Crippen LogP contribution is 2.27. The van der Waals surface area contributed by atoms with Crippen molar-refractivity contribution in [2.75, 3.05) is 34.9 Å². The Labute approximate surface area is 183 Å². The summed E-state index contributed by atoms with van der Waals surface area (Å²) in [6.07, 6.45) is 2.41. The number of aryl methyl sites for hydroxylation is 2. The summed E-state index contributed by atoms with van der Waals surface area (Å²) in [7, 11) is 0. The minimum absolute atomic E-state index is 0.0924. The number of nitrogens with zero attached hydrogens (tertiary/aromatic N) is 1. The Kier molecular flexibility index (Phi) is 7.22. The molecule has 0 aromatic heterocycles. The number of hydrogen-bond acceptors (Lipinski definition) is 4. The molecule has 1 fully saturated rings. The summed E-state index contributed by atoms with van der Waals surface area (Å²) in [5.74, 6) is 5.15. The third kappa shape index (κ3) is 5.80. The van der Waals surface area contributed by atoms with Crippen LogP contribution in [0.4, 0.5) is 5.69 Å². The van der Waals surface area contributed by atoms with Crippen LogP contribution in [0.25, 0.3) is 0 Å². The number of anilines is 1. The van der Waals surface area contributed by atoms with Crippen LogP contribution in [-0.4, -0.2) is 46.4 Å². The summed E-state index contributed by atoms with van der Waals surface area (Å²) < 4.78 is 0. The first kappa shape index (κ1) is 20.8. The van der Waals surface area contributed by atoms with E-state index in [0.29, 0.717) is 12.5 Å². The smallest absolute Gasteiger partial charge is 0.224 e. The van der Waals surface area contributed by atoms with Crippen LogP contribution in [0, 0.1) is 6.92 Å². The van der Waals surface area contributed by atoms with E-state index in [1.807, 2.05) is 0 Å². The number of benzene rings is 2. The van der Waals surface area contributed by atoms with E-state index < -0.39 is 0 Å². The van der Waals surface area contributed by atoms with Crippen LogP contribution in [0.5, 0.6) is 0 Å². The van der Waals surface area contributed by atoms with E-state index in [2.05, 4.69) is 83.1 Å². The molecule has 2 heterocycles. The highest BCUT2D eigenvalue weighted by molar-refractivity contribution is 8.03. The fraction of sp³-hybridized carbons (Fsp3) is 0.458. The number of hydrogen-bond donors (Lipinski definition) is 1.